The number of aromatic nitrogens is 1. The molecule has 15 heavy (non-hydrogen) atoms. The van der Waals surface area contributed by atoms with E-state index >= 15 is 0 Å². The zero-order valence-corrected chi connectivity index (χ0v) is 8.09. The van der Waals surface area contributed by atoms with E-state index in [1.54, 1.807) is 12.1 Å². The fourth-order valence-electron chi connectivity index (χ4n) is 1.06. The van der Waals surface area contributed by atoms with Gasteiger partial charge in [0.2, 0.25) is 0 Å². The maximum Gasteiger partial charge on any atom is 0.280 e. The van der Waals surface area contributed by atoms with Crippen LogP contribution in [0.15, 0.2) is 6.20 Å². The smallest absolute Gasteiger partial charge is 0.253 e. The van der Waals surface area contributed by atoms with E-state index in [1.165, 1.54) is 0 Å². The van der Waals surface area contributed by atoms with E-state index in [9.17, 15) is 8.78 Å². The Kier molecular flexibility index (Phi) is 3.54. The first-order valence-corrected chi connectivity index (χ1v) is 4.22. The van der Waals surface area contributed by atoms with Crippen molar-refractivity contribution in [2.24, 2.45) is 0 Å². The molecule has 0 amide bonds. The van der Waals surface area contributed by atoms with Crippen molar-refractivity contribution in [3.8, 4) is 12.1 Å². The first-order valence-electron chi connectivity index (χ1n) is 3.84. The van der Waals surface area contributed by atoms with E-state index in [-0.39, 0.29) is 22.6 Å². The van der Waals surface area contributed by atoms with Crippen molar-refractivity contribution < 1.29 is 8.78 Å². The van der Waals surface area contributed by atoms with Crippen LogP contribution in [0.4, 0.5) is 8.78 Å². The second-order valence-electron chi connectivity index (χ2n) is 2.60. The maximum atomic E-state index is 12.5. The van der Waals surface area contributed by atoms with E-state index < -0.39 is 12.1 Å². The van der Waals surface area contributed by atoms with Gasteiger partial charge in [-0.15, -0.1) is 0 Å². The fraction of sp³-hybridized carbons (Fsp3) is 0.222. The first kappa shape index (κ1) is 11.4. The van der Waals surface area contributed by atoms with Gasteiger partial charge in [-0.1, -0.05) is 11.6 Å². The molecule has 0 N–H and O–H groups in total. The molecule has 0 aliphatic heterocycles. The summed E-state index contributed by atoms with van der Waals surface area (Å²) in [6.45, 7) is 0. The van der Waals surface area contributed by atoms with E-state index in [0.29, 0.717) is 0 Å². The second-order valence-corrected chi connectivity index (χ2v) is 2.98. The Morgan fingerprint density at radius 2 is 2.13 bits per heavy atom. The predicted octanol–water partition coefficient (Wildman–Crippen LogP) is 2.61. The molecule has 0 spiro atoms. The van der Waals surface area contributed by atoms with E-state index in [0.717, 1.165) is 6.20 Å². The minimum Gasteiger partial charge on any atom is -0.253 e. The number of hydrogen-bond donors (Lipinski definition) is 0. The summed E-state index contributed by atoms with van der Waals surface area (Å²) in [7, 11) is 0. The van der Waals surface area contributed by atoms with Gasteiger partial charge in [-0.2, -0.15) is 10.5 Å². The average molecular weight is 228 g/mol. The highest BCUT2D eigenvalue weighted by Crippen LogP contribution is 2.28. The van der Waals surface area contributed by atoms with Crippen LogP contribution in [0.5, 0.6) is 0 Å². The summed E-state index contributed by atoms with van der Waals surface area (Å²) in [5, 5.41) is 16.9. The van der Waals surface area contributed by atoms with Crippen molar-refractivity contribution in [3.63, 3.8) is 0 Å². The third kappa shape index (κ3) is 2.20. The Hall–Kier alpha value is -1.72. The Morgan fingerprint density at radius 1 is 1.47 bits per heavy atom. The molecule has 0 unspecified atom stereocenters. The molecule has 0 aliphatic carbocycles. The Labute approximate surface area is 89.5 Å². The summed E-state index contributed by atoms with van der Waals surface area (Å²) in [5.74, 6) is 0. The highest BCUT2D eigenvalue weighted by Gasteiger charge is 2.19. The van der Waals surface area contributed by atoms with Gasteiger partial charge < -0.3 is 0 Å². The summed E-state index contributed by atoms with van der Waals surface area (Å²) in [5.41, 5.74) is -0.625. The van der Waals surface area contributed by atoms with Gasteiger partial charge in [0.1, 0.15) is 11.8 Å². The lowest BCUT2D eigenvalue weighted by Gasteiger charge is -2.07. The number of halogens is 3. The van der Waals surface area contributed by atoms with Crippen LogP contribution in [0.2, 0.25) is 5.02 Å². The third-order valence-electron chi connectivity index (χ3n) is 1.73. The highest BCUT2D eigenvalue weighted by atomic mass is 35.5. The van der Waals surface area contributed by atoms with Crippen LogP contribution in [0.1, 0.15) is 23.2 Å². The molecule has 1 rings (SSSR count). The van der Waals surface area contributed by atoms with Crippen molar-refractivity contribution in [2.75, 3.05) is 0 Å². The quantitative estimate of drug-likeness (QED) is 0.780. The van der Waals surface area contributed by atoms with Crippen molar-refractivity contribution in [1.29, 1.82) is 10.5 Å². The molecular weight excluding hydrogens is 224 g/mol. The standard InChI is InChI=1S/C9H4ClF2N3/c10-7-5(3-14)4-15-8(9(11)12)6(7)1-2-13/h4,9H,1H2. The molecule has 0 aromatic carbocycles. The van der Waals surface area contributed by atoms with E-state index in [1.807, 2.05) is 0 Å². The summed E-state index contributed by atoms with van der Waals surface area (Å²) in [4.78, 5) is 3.42. The highest BCUT2D eigenvalue weighted by molar-refractivity contribution is 6.32. The van der Waals surface area contributed by atoms with Crippen molar-refractivity contribution in [1.82, 2.24) is 4.98 Å². The summed E-state index contributed by atoms with van der Waals surface area (Å²) >= 11 is 5.69. The first-order chi connectivity index (χ1) is 7.11. The maximum absolute atomic E-state index is 12.5. The van der Waals surface area contributed by atoms with Crippen LogP contribution in [0.3, 0.4) is 0 Å². The van der Waals surface area contributed by atoms with Gasteiger partial charge >= 0.3 is 0 Å². The molecule has 0 bridgehead atoms. The lowest BCUT2D eigenvalue weighted by Crippen LogP contribution is -2.00. The molecule has 1 aromatic heterocycles. The van der Waals surface area contributed by atoms with Gasteiger partial charge in [-0.25, -0.2) is 8.78 Å². The van der Waals surface area contributed by atoms with Crippen molar-refractivity contribution in [3.05, 3.63) is 28.0 Å². The van der Waals surface area contributed by atoms with Crippen LogP contribution in [0.25, 0.3) is 0 Å². The van der Waals surface area contributed by atoms with Crippen LogP contribution >= 0.6 is 11.6 Å². The van der Waals surface area contributed by atoms with Crippen LogP contribution in [-0.4, -0.2) is 4.98 Å². The van der Waals surface area contributed by atoms with Gasteiger partial charge in [0.25, 0.3) is 6.43 Å². The largest absolute Gasteiger partial charge is 0.280 e. The monoisotopic (exact) mass is 227 g/mol. The number of pyridine rings is 1. The van der Waals surface area contributed by atoms with Gasteiger partial charge in [0.05, 0.1) is 23.1 Å². The molecule has 1 aromatic rings. The number of rotatable bonds is 2. The van der Waals surface area contributed by atoms with Crippen LogP contribution in [-0.2, 0) is 6.42 Å². The zero-order chi connectivity index (χ0) is 11.4. The number of nitrogens with zero attached hydrogens (tertiary/aromatic N) is 3. The summed E-state index contributed by atoms with van der Waals surface area (Å²) < 4.78 is 24.9. The van der Waals surface area contributed by atoms with Crippen molar-refractivity contribution in [2.45, 2.75) is 12.8 Å². The summed E-state index contributed by atoms with van der Waals surface area (Å²) in [6.07, 6.45) is -2.12. The SMILES string of the molecule is N#CCc1c(C(F)F)ncc(C#N)c1Cl. The predicted molar refractivity (Wildman–Crippen MR) is 48.2 cm³/mol. The Morgan fingerprint density at radius 3 is 2.60 bits per heavy atom. The molecule has 6 heteroatoms. The topological polar surface area (TPSA) is 60.5 Å². The number of hydrogen-bond acceptors (Lipinski definition) is 3. The second kappa shape index (κ2) is 4.68. The molecule has 1 heterocycles. The van der Waals surface area contributed by atoms with Gasteiger partial charge in [0.15, 0.2) is 0 Å². The molecule has 0 aliphatic rings. The molecule has 0 saturated heterocycles. The Balaban J connectivity index is 3.40. The van der Waals surface area contributed by atoms with E-state index in [4.69, 9.17) is 22.1 Å². The van der Waals surface area contributed by atoms with Crippen LogP contribution < -0.4 is 0 Å². The molecule has 3 nitrogen and oxygen atoms in total. The third-order valence-corrected chi connectivity index (χ3v) is 2.16. The molecule has 76 valence electrons. The number of alkyl halides is 2. The molecule has 0 fully saturated rings. The number of nitriles is 2. The fourth-order valence-corrected chi connectivity index (χ4v) is 1.31. The lowest BCUT2D eigenvalue weighted by molar-refractivity contribution is 0.145. The van der Waals surface area contributed by atoms with Crippen molar-refractivity contribution >= 4 is 11.6 Å². The average Bonchev–Trinajstić information content (AvgIpc) is 2.20. The minimum atomic E-state index is -2.81. The Bertz CT molecular complexity index is 460. The molecule has 0 atom stereocenters. The van der Waals surface area contributed by atoms with Crippen LogP contribution in [0, 0.1) is 22.7 Å². The summed E-state index contributed by atoms with van der Waals surface area (Å²) in [6, 6.07) is 3.42. The van der Waals surface area contributed by atoms with E-state index in [2.05, 4.69) is 4.98 Å². The molecule has 0 saturated carbocycles. The zero-order valence-electron chi connectivity index (χ0n) is 7.34. The lowest BCUT2D eigenvalue weighted by atomic mass is 10.1. The molecular formula is C9H4ClF2N3. The van der Waals surface area contributed by atoms with Gasteiger partial charge in [-0.05, 0) is 0 Å². The normalized spacial score (nSPS) is 9.73. The molecule has 0 radical (unpaired) electrons. The van der Waals surface area contributed by atoms with Gasteiger partial charge in [-0.3, -0.25) is 4.98 Å². The van der Waals surface area contributed by atoms with Gasteiger partial charge in [0, 0.05) is 11.8 Å². The minimum absolute atomic E-state index is 0.00804.